The number of nitrogens with one attached hydrogen (secondary N) is 2. The predicted octanol–water partition coefficient (Wildman–Crippen LogP) is 5.14. The van der Waals surface area contributed by atoms with Crippen LogP contribution in [-0.2, 0) is 10.2 Å². The van der Waals surface area contributed by atoms with E-state index in [1.807, 2.05) is 60.7 Å². The lowest BCUT2D eigenvalue weighted by atomic mass is 9.86. The molecule has 0 fully saturated rings. The van der Waals surface area contributed by atoms with Gasteiger partial charge in [0.25, 0.3) is 5.91 Å². The number of para-hydroxylation sites is 2. The smallest absolute Gasteiger partial charge is 0.262 e. The quantitative estimate of drug-likeness (QED) is 0.626. The van der Waals surface area contributed by atoms with Gasteiger partial charge in [-0.15, -0.1) is 0 Å². The molecule has 0 bridgehead atoms. The average molecular weight is 375 g/mol. The molecular weight excluding hydrogens is 350 g/mol. The zero-order chi connectivity index (χ0) is 20.0. The van der Waals surface area contributed by atoms with Gasteiger partial charge in [0.05, 0.1) is 11.9 Å². The van der Waals surface area contributed by atoms with Gasteiger partial charge in [-0.05, 0) is 41.3 Å². The van der Waals surface area contributed by atoms with Crippen LogP contribution in [0.4, 0.5) is 17.2 Å². The molecule has 0 radical (unpaired) electrons. The topological polar surface area (TPSA) is 63.2 Å². The Hall–Kier alpha value is -3.34. The van der Waals surface area contributed by atoms with Crippen LogP contribution in [0.1, 0.15) is 26.3 Å². The van der Waals surface area contributed by atoms with Crippen molar-refractivity contribution < 1.29 is 9.53 Å². The van der Waals surface area contributed by atoms with Crippen LogP contribution in [0.15, 0.2) is 72.9 Å². The van der Waals surface area contributed by atoms with Gasteiger partial charge in [-0.3, -0.25) is 4.79 Å². The Bertz CT molecular complexity index is 917. The largest absolute Gasteiger partial charge is 0.484 e. The second-order valence-electron chi connectivity index (χ2n) is 7.50. The number of hydrogen-bond acceptors (Lipinski definition) is 4. The summed E-state index contributed by atoms with van der Waals surface area (Å²) in [5, 5.41) is 6.14. The van der Waals surface area contributed by atoms with Gasteiger partial charge in [-0.1, -0.05) is 57.2 Å². The van der Waals surface area contributed by atoms with Crippen molar-refractivity contribution in [2.75, 3.05) is 17.2 Å². The third-order valence-electron chi connectivity index (χ3n) is 4.16. The molecule has 2 N–H and O–H groups in total. The number of rotatable bonds is 6. The van der Waals surface area contributed by atoms with Crippen molar-refractivity contribution in [3.05, 3.63) is 78.5 Å². The van der Waals surface area contributed by atoms with Crippen LogP contribution in [0.3, 0.4) is 0 Å². The SMILES string of the molecule is CC(C)(C)c1ccccc1Nc1ccc(NC(=O)COc2ccccc2)cn1. The van der Waals surface area contributed by atoms with E-state index in [0.717, 1.165) is 11.5 Å². The molecule has 1 aromatic heterocycles. The van der Waals surface area contributed by atoms with Crippen molar-refractivity contribution in [2.24, 2.45) is 0 Å². The van der Waals surface area contributed by atoms with Crippen molar-refractivity contribution in [2.45, 2.75) is 26.2 Å². The molecule has 28 heavy (non-hydrogen) atoms. The molecule has 1 heterocycles. The summed E-state index contributed by atoms with van der Waals surface area (Å²) < 4.78 is 5.44. The molecule has 5 nitrogen and oxygen atoms in total. The molecule has 5 heteroatoms. The number of hydrogen-bond donors (Lipinski definition) is 2. The predicted molar refractivity (Wildman–Crippen MR) is 113 cm³/mol. The van der Waals surface area contributed by atoms with Gasteiger partial charge in [0.1, 0.15) is 11.6 Å². The number of nitrogens with zero attached hydrogens (tertiary/aromatic N) is 1. The number of pyridine rings is 1. The van der Waals surface area contributed by atoms with Gasteiger partial charge < -0.3 is 15.4 Å². The molecule has 144 valence electrons. The van der Waals surface area contributed by atoms with E-state index in [4.69, 9.17) is 4.74 Å². The maximum Gasteiger partial charge on any atom is 0.262 e. The first-order chi connectivity index (χ1) is 13.4. The minimum Gasteiger partial charge on any atom is -0.484 e. The van der Waals surface area contributed by atoms with Crippen LogP contribution in [-0.4, -0.2) is 17.5 Å². The molecule has 3 aromatic rings. The molecule has 0 aliphatic heterocycles. The average Bonchev–Trinajstić information content (AvgIpc) is 2.68. The molecular formula is C23H25N3O2. The minimum atomic E-state index is -0.232. The molecule has 0 unspecified atom stereocenters. The minimum absolute atomic E-state index is 0.0241. The highest BCUT2D eigenvalue weighted by Gasteiger charge is 2.17. The molecule has 2 aromatic carbocycles. The maximum atomic E-state index is 12.0. The van der Waals surface area contributed by atoms with E-state index in [0.29, 0.717) is 11.4 Å². The lowest BCUT2D eigenvalue weighted by Crippen LogP contribution is -2.20. The Morgan fingerprint density at radius 1 is 0.964 bits per heavy atom. The molecule has 3 rings (SSSR count). The molecule has 0 aliphatic carbocycles. The summed E-state index contributed by atoms with van der Waals surface area (Å²) in [6.07, 6.45) is 1.63. The maximum absolute atomic E-state index is 12.0. The van der Waals surface area contributed by atoms with Crippen LogP contribution in [0, 0.1) is 0 Å². The summed E-state index contributed by atoms with van der Waals surface area (Å²) in [6, 6.07) is 21.1. The summed E-state index contributed by atoms with van der Waals surface area (Å²) in [7, 11) is 0. The molecule has 0 aliphatic rings. The first kappa shape index (κ1) is 19.4. The van der Waals surface area contributed by atoms with E-state index in [9.17, 15) is 4.79 Å². The number of anilines is 3. The van der Waals surface area contributed by atoms with Gasteiger partial charge in [0, 0.05) is 5.69 Å². The molecule has 0 saturated heterocycles. The number of benzene rings is 2. The summed E-state index contributed by atoms with van der Waals surface area (Å²) in [5.41, 5.74) is 2.88. The second-order valence-corrected chi connectivity index (χ2v) is 7.50. The molecule has 0 atom stereocenters. The highest BCUT2D eigenvalue weighted by Crippen LogP contribution is 2.30. The van der Waals surface area contributed by atoms with E-state index in [-0.39, 0.29) is 17.9 Å². The molecule has 1 amide bonds. The highest BCUT2D eigenvalue weighted by molar-refractivity contribution is 5.91. The Labute approximate surface area is 165 Å². The summed E-state index contributed by atoms with van der Waals surface area (Å²) in [6.45, 7) is 6.48. The third kappa shape index (κ3) is 5.33. The Morgan fingerprint density at radius 2 is 1.68 bits per heavy atom. The van der Waals surface area contributed by atoms with Gasteiger partial charge in [-0.2, -0.15) is 0 Å². The summed E-state index contributed by atoms with van der Waals surface area (Å²) in [5.74, 6) is 1.15. The van der Waals surface area contributed by atoms with Crippen LogP contribution >= 0.6 is 0 Å². The van der Waals surface area contributed by atoms with Gasteiger partial charge >= 0.3 is 0 Å². The van der Waals surface area contributed by atoms with Crippen LogP contribution in [0.5, 0.6) is 5.75 Å². The number of carbonyl (C=O) groups excluding carboxylic acids is 1. The highest BCUT2D eigenvalue weighted by atomic mass is 16.5. The monoisotopic (exact) mass is 375 g/mol. The second kappa shape index (κ2) is 8.57. The van der Waals surface area contributed by atoms with Crippen molar-refractivity contribution in [3.63, 3.8) is 0 Å². The first-order valence-corrected chi connectivity index (χ1v) is 9.22. The van der Waals surface area contributed by atoms with Gasteiger partial charge in [-0.25, -0.2) is 4.98 Å². The summed E-state index contributed by atoms with van der Waals surface area (Å²) >= 11 is 0. The fourth-order valence-corrected chi connectivity index (χ4v) is 2.79. The summed E-state index contributed by atoms with van der Waals surface area (Å²) in [4.78, 5) is 16.4. The van der Waals surface area contributed by atoms with Crippen LogP contribution < -0.4 is 15.4 Å². The van der Waals surface area contributed by atoms with Crippen molar-refractivity contribution in [1.82, 2.24) is 4.98 Å². The fraction of sp³-hybridized carbons (Fsp3) is 0.217. The standard InChI is InChI=1S/C23H25N3O2/c1-23(2,3)19-11-7-8-12-20(19)26-21-14-13-17(15-24-21)25-22(27)16-28-18-9-5-4-6-10-18/h4-15H,16H2,1-3H3,(H,24,26)(H,25,27). The van der Waals surface area contributed by atoms with E-state index in [1.165, 1.54) is 5.56 Å². The van der Waals surface area contributed by atoms with Gasteiger partial charge in [0.15, 0.2) is 6.61 Å². The lowest BCUT2D eigenvalue weighted by Gasteiger charge is -2.23. The number of aromatic nitrogens is 1. The normalized spacial score (nSPS) is 11.0. The zero-order valence-corrected chi connectivity index (χ0v) is 16.4. The Morgan fingerprint density at radius 3 is 2.36 bits per heavy atom. The molecule has 0 spiro atoms. The van der Waals surface area contributed by atoms with E-state index in [2.05, 4.69) is 42.5 Å². The fourth-order valence-electron chi connectivity index (χ4n) is 2.79. The van der Waals surface area contributed by atoms with Crippen molar-refractivity contribution in [1.29, 1.82) is 0 Å². The molecule has 0 saturated carbocycles. The Balaban J connectivity index is 1.59. The van der Waals surface area contributed by atoms with Gasteiger partial charge in [0.2, 0.25) is 0 Å². The lowest BCUT2D eigenvalue weighted by molar-refractivity contribution is -0.118. The van der Waals surface area contributed by atoms with Crippen LogP contribution in [0.25, 0.3) is 0 Å². The van der Waals surface area contributed by atoms with Crippen molar-refractivity contribution >= 4 is 23.1 Å². The number of carbonyl (C=O) groups is 1. The first-order valence-electron chi connectivity index (χ1n) is 9.22. The van der Waals surface area contributed by atoms with E-state index >= 15 is 0 Å². The Kier molecular flexibility index (Phi) is 5.94. The third-order valence-corrected chi connectivity index (χ3v) is 4.16. The van der Waals surface area contributed by atoms with Crippen molar-refractivity contribution in [3.8, 4) is 5.75 Å². The van der Waals surface area contributed by atoms with E-state index < -0.39 is 0 Å². The van der Waals surface area contributed by atoms with E-state index in [1.54, 1.807) is 6.20 Å². The van der Waals surface area contributed by atoms with Crippen LogP contribution in [0.2, 0.25) is 0 Å². The number of amides is 1. The number of ether oxygens (including phenoxy) is 1. The zero-order valence-electron chi connectivity index (χ0n) is 16.4.